The van der Waals surface area contributed by atoms with Crippen molar-refractivity contribution in [1.82, 2.24) is 0 Å². The summed E-state index contributed by atoms with van der Waals surface area (Å²) in [6.07, 6.45) is 1.74. The molecule has 0 aromatic carbocycles. The predicted octanol–water partition coefficient (Wildman–Crippen LogP) is 4.20. The van der Waals surface area contributed by atoms with Crippen molar-refractivity contribution in [3.63, 3.8) is 0 Å². The van der Waals surface area contributed by atoms with Gasteiger partial charge in [-0.25, -0.2) is 0 Å². The van der Waals surface area contributed by atoms with Crippen LogP contribution in [0.3, 0.4) is 0 Å². The van der Waals surface area contributed by atoms with Gasteiger partial charge >= 0.3 is 0 Å². The first-order valence-electron chi connectivity index (χ1n) is 6.73. The SMILES string of the molecule is C=C(C)C(=O)CCC(CSC(C)C)CC(=O)C(=C)C. The largest absolute Gasteiger partial charge is 0.295 e. The molecular weight excluding hydrogens is 256 g/mol. The zero-order valence-electron chi connectivity index (χ0n) is 12.6. The number of ketones is 2. The molecule has 0 saturated carbocycles. The Labute approximate surface area is 121 Å². The summed E-state index contributed by atoms with van der Waals surface area (Å²) in [5.74, 6) is 1.37. The number of Topliss-reactive ketones (excluding diaryl/α,β-unsaturated/α-hetero) is 2. The molecule has 0 saturated heterocycles. The third kappa shape index (κ3) is 8.82. The number of rotatable bonds is 10. The van der Waals surface area contributed by atoms with Gasteiger partial charge in [0, 0.05) is 12.8 Å². The smallest absolute Gasteiger partial charge is 0.158 e. The van der Waals surface area contributed by atoms with Gasteiger partial charge in [0.05, 0.1) is 0 Å². The van der Waals surface area contributed by atoms with Crippen molar-refractivity contribution in [2.24, 2.45) is 5.92 Å². The van der Waals surface area contributed by atoms with Crippen LogP contribution in [0.25, 0.3) is 0 Å². The lowest BCUT2D eigenvalue weighted by atomic mass is 9.94. The Balaban J connectivity index is 4.40. The summed E-state index contributed by atoms with van der Waals surface area (Å²) in [6.45, 7) is 15.1. The number of hydrogen-bond donors (Lipinski definition) is 0. The molecule has 0 fully saturated rings. The third-order valence-corrected chi connectivity index (χ3v) is 4.20. The molecule has 3 heteroatoms. The van der Waals surface area contributed by atoms with Gasteiger partial charge < -0.3 is 0 Å². The lowest BCUT2D eigenvalue weighted by molar-refractivity contribution is -0.118. The number of allylic oxidation sites excluding steroid dienone is 2. The molecule has 0 radical (unpaired) electrons. The Morgan fingerprint density at radius 1 is 1.05 bits per heavy atom. The van der Waals surface area contributed by atoms with E-state index in [1.165, 1.54) is 0 Å². The Hall–Kier alpha value is -0.830. The summed E-state index contributed by atoms with van der Waals surface area (Å²) in [7, 11) is 0. The molecule has 0 aliphatic rings. The van der Waals surface area contributed by atoms with Gasteiger partial charge in [-0.2, -0.15) is 11.8 Å². The maximum Gasteiger partial charge on any atom is 0.158 e. The number of carbonyl (C=O) groups is 2. The van der Waals surface area contributed by atoms with E-state index in [4.69, 9.17) is 0 Å². The molecule has 0 N–H and O–H groups in total. The summed E-state index contributed by atoms with van der Waals surface area (Å²) < 4.78 is 0. The van der Waals surface area contributed by atoms with Crippen LogP contribution in [0.1, 0.15) is 47.0 Å². The standard InChI is InChI=1S/C16H26O2S/c1-11(2)15(17)8-7-14(10-19-13(5)6)9-16(18)12(3)4/h13-14H,1,3,7-10H2,2,4-6H3. The second-order valence-electron chi connectivity index (χ2n) is 5.40. The maximum atomic E-state index is 11.8. The highest BCUT2D eigenvalue weighted by molar-refractivity contribution is 7.99. The molecule has 108 valence electrons. The summed E-state index contributed by atoms with van der Waals surface area (Å²) in [4.78, 5) is 23.4. The summed E-state index contributed by atoms with van der Waals surface area (Å²) in [5.41, 5.74) is 1.20. The van der Waals surface area contributed by atoms with Crippen molar-refractivity contribution in [2.45, 2.75) is 52.2 Å². The Kier molecular flexibility index (Phi) is 8.73. The van der Waals surface area contributed by atoms with Crippen LogP contribution >= 0.6 is 11.8 Å². The highest BCUT2D eigenvalue weighted by atomic mass is 32.2. The maximum absolute atomic E-state index is 11.8. The van der Waals surface area contributed by atoms with E-state index in [9.17, 15) is 9.59 Å². The number of carbonyl (C=O) groups excluding carboxylic acids is 2. The highest BCUT2D eigenvalue weighted by Crippen LogP contribution is 2.23. The van der Waals surface area contributed by atoms with Gasteiger partial charge in [-0.05, 0) is 48.3 Å². The van der Waals surface area contributed by atoms with Crippen molar-refractivity contribution in [1.29, 1.82) is 0 Å². The van der Waals surface area contributed by atoms with Crippen LogP contribution in [0.5, 0.6) is 0 Å². The minimum atomic E-state index is 0.0994. The molecule has 2 nitrogen and oxygen atoms in total. The topological polar surface area (TPSA) is 34.1 Å². The van der Waals surface area contributed by atoms with E-state index in [-0.39, 0.29) is 17.5 Å². The predicted molar refractivity (Wildman–Crippen MR) is 84.6 cm³/mol. The molecule has 0 amide bonds. The van der Waals surface area contributed by atoms with Crippen LogP contribution < -0.4 is 0 Å². The zero-order chi connectivity index (χ0) is 15.0. The van der Waals surface area contributed by atoms with Crippen LogP contribution in [-0.4, -0.2) is 22.6 Å². The molecule has 0 aromatic heterocycles. The zero-order valence-corrected chi connectivity index (χ0v) is 13.4. The second-order valence-corrected chi connectivity index (χ2v) is 7.01. The molecule has 1 atom stereocenters. The van der Waals surface area contributed by atoms with Crippen molar-refractivity contribution in [2.75, 3.05) is 5.75 Å². The van der Waals surface area contributed by atoms with E-state index >= 15 is 0 Å². The Morgan fingerprint density at radius 3 is 2.00 bits per heavy atom. The molecule has 0 heterocycles. The van der Waals surface area contributed by atoms with Gasteiger partial charge in [-0.1, -0.05) is 27.0 Å². The summed E-state index contributed by atoms with van der Waals surface area (Å²) in [5, 5.41) is 0.541. The lowest BCUT2D eigenvalue weighted by Gasteiger charge is -2.17. The second kappa shape index (κ2) is 9.13. The van der Waals surface area contributed by atoms with Crippen molar-refractivity contribution in [3.05, 3.63) is 24.3 Å². The van der Waals surface area contributed by atoms with Gasteiger partial charge in [0.1, 0.15) is 0 Å². The summed E-state index contributed by atoms with van der Waals surface area (Å²) >= 11 is 1.84. The molecule has 0 aromatic rings. The Bertz CT molecular complexity index is 356. The molecule has 0 bridgehead atoms. The van der Waals surface area contributed by atoms with Gasteiger partial charge in [0.15, 0.2) is 11.6 Å². The highest BCUT2D eigenvalue weighted by Gasteiger charge is 2.17. The van der Waals surface area contributed by atoms with Crippen molar-refractivity contribution < 1.29 is 9.59 Å². The summed E-state index contributed by atoms with van der Waals surface area (Å²) in [6, 6.07) is 0. The number of hydrogen-bond acceptors (Lipinski definition) is 3. The number of thioether (sulfide) groups is 1. The van der Waals surface area contributed by atoms with Crippen LogP contribution in [-0.2, 0) is 9.59 Å². The van der Waals surface area contributed by atoms with Crippen LogP contribution in [0.4, 0.5) is 0 Å². The van der Waals surface area contributed by atoms with Gasteiger partial charge in [0.2, 0.25) is 0 Å². The van der Waals surface area contributed by atoms with Gasteiger partial charge in [0.25, 0.3) is 0 Å². The van der Waals surface area contributed by atoms with Gasteiger partial charge in [-0.15, -0.1) is 0 Å². The first kappa shape index (κ1) is 18.2. The first-order valence-corrected chi connectivity index (χ1v) is 7.78. The minimum absolute atomic E-state index is 0.0994. The van der Waals surface area contributed by atoms with Crippen LogP contribution in [0, 0.1) is 5.92 Å². The van der Waals surface area contributed by atoms with E-state index < -0.39 is 0 Å². The van der Waals surface area contributed by atoms with E-state index in [1.54, 1.807) is 13.8 Å². The monoisotopic (exact) mass is 282 g/mol. The molecule has 0 rings (SSSR count). The fraction of sp³-hybridized carbons (Fsp3) is 0.625. The van der Waals surface area contributed by atoms with E-state index in [0.717, 1.165) is 12.2 Å². The van der Waals surface area contributed by atoms with E-state index in [0.29, 0.717) is 29.2 Å². The first-order chi connectivity index (χ1) is 8.73. The van der Waals surface area contributed by atoms with Gasteiger partial charge in [-0.3, -0.25) is 9.59 Å². The quantitative estimate of drug-likeness (QED) is 0.563. The average molecular weight is 282 g/mol. The molecule has 0 aliphatic carbocycles. The van der Waals surface area contributed by atoms with Crippen molar-refractivity contribution in [3.8, 4) is 0 Å². The average Bonchev–Trinajstić information content (AvgIpc) is 2.31. The van der Waals surface area contributed by atoms with E-state index in [1.807, 2.05) is 11.8 Å². The van der Waals surface area contributed by atoms with Crippen LogP contribution in [0.2, 0.25) is 0 Å². The fourth-order valence-corrected chi connectivity index (χ4v) is 2.50. The van der Waals surface area contributed by atoms with Crippen molar-refractivity contribution >= 4 is 23.3 Å². The lowest BCUT2D eigenvalue weighted by Crippen LogP contribution is -2.14. The molecule has 0 spiro atoms. The fourth-order valence-electron chi connectivity index (χ4n) is 1.56. The van der Waals surface area contributed by atoms with Crippen LogP contribution in [0.15, 0.2) is 24.3 Å². The van der Waals surface area contributed by atoms with E-state index in [2.05, 4.69) is 27.0 Å². The minimum Gasteiger partial charge on any atom is -0.295 e. The Morgan fingerprint density at radius 2 is 1.58 bits per heavy atom. The normalized spacial score (nSPS) is 12.3. The molecule has 0 aliphatic heterocycles. The molecule has 19 heavy (non-hydrogen) atoms. The molecular formula is C16H26O2S. The molecule has 1 unspecified atom stereocenters. The third-order valence-electron chi connectivity index (χ3n) is 2.87.